The van der Waals surface area contributed by atoms with Crippen LogP contribution < -0.4 is 0 Å². The average molecular weight is 839 g/mol. The molecule has 6 nitrogen and oxygen atoms in total. The van der Waals surface area contributed by atoms with Crippen LogP contribution in [-0.4, -0.2) is 37.2 Å². The first-order valence-corrected chi connectivity index (χ1v) is 25.3. The highest BCUT2D eigenvalue weighted by Gasteiger charge is 2.19. The smallest absolute Gasteiger partial charge is 0.306 e. The Morgan fingerprint density at radius 2 is 0.683 bits per heavy atom. The largest absolute Gasteiger partial charge is 0.462 e. The molecule has 346 valence electrons. The van der Waals surface area contributed by atoms with Gasteiger partial charge < -0.3 is 14.2 Å². The second kappa shape index (κ2) is 48.8. The summed E-state index contributed by atoms with van der Waals surface area (Å²) in [4.78, 5) is 37.9. The minimum atomic E-state index is -0.784. The maximum atomic E-state index is 12.8. The van der Waals surface area contributed by atoms with E-state index in [0.717, 1.165) is 122 Å². The maximum Gasteiger partial charge on any atom is 0.306 e. The molecular weight excluding hydrogens is 745 g/mol. The second-order valence-electron chi connectivity index (χ2n) is 16.7. The van der Waals surface area contributed by atoms with E-state index in [4.69, 9.17) is 14.2 Å². The molecule has 60 heavy (non-hydrogen) atoms. The summed E-state index contributed by atoms with van der Waals surface area (Å²) in [5.41, 5.74) is 0. The van der Waals surface area contributed by atoms with Crippen molar-refractivity contribution in [2.75, 3.05) is 13.2 Å². The lowest BCUT2D eigenvalue weighted by molar-refractivity contribution is -0.167. The molecule has 1 atom stereocenters. The lowest BCUT2D eigenvalue weighted by Crippen LogP contribution is -2.30. The highest BCUT2D eigenvalue weighted by atomic mass is 16.6. The number of unbranched alkanes of at least 4 members (excludes halogenated alkanes) is 24. The van der Waals surface area contributed by atoms with Crippen molar-refractivity contribution in [1.82, 2.24) is 0 Å². The van der Waals surface area contributed by atoms with Gasteiger partial charge in [-0.25, -0.2) is 0 Å². The summed E-state index contributed by atoms with van der Waals surface area (Å²) in [6.07, 6.45) is 59.1. The molecule has 0 N–H and O–H groups in total. The summed E-state index contributed by atoms with van der Waals surface area (Å²) in [5, 5.41) is 0. The molecule has 0 bridgehead atoms. The van der Waals surface area contributed by atoms with E-state index in [0.29, 0.717) is 19.3 Å². The Balaban J connectivity index is 4.41. The topological polar surface area (TPSA) is 78.9 Å². The van der Waals surface area contributed by atoms with Crippen molar-refractivity contribution in [2.45, 2.75) is 252 Å². The highest BCUT2D eigenvalue weighted by molar-refractivity contribution is 5.71. The van der Waals surface area contributed by atoms with Gasteiger partial charge in [0, 0.05) is 19.3 Å². The van der Waals surface area contributed by atoms with Crippen molar-refractivity contribution in [3.8, 4) is 0 Å². The number of allylic oxidation sites excluding steroid dienone is 10. The molecule has 0 aromatic carbocycles. The van der Waals surface area contributed by atoms with Gasteiger partial charge in [0.15, 0.2) is 6.10 Å². The van der Waals surface area contributed by atoms with Crippen molar-refractivity contribution >= 4 is 17.9 Å². The Hall–Kier alpha value is -2.89. The van der Waals surface area contributed by atoms with E-state index >= 15 is 0 Å². The summed E-state index contributed by atoms with van der Waals surface area (Å²) in [7, 11) is 0. The van der Waals surface area contributed by atoms with Gasteiger partial charge in [0.05, 0.1) is 0 Å². The Morgan fingerprint density at radius 1 is 0.350 bits per heavy atom. The van der Waals surface area contributed by atoms with Crippen LogP contribution in [0.1, 0.15) is 245 Å². The molecule has 0 aromatic heterocycles. The van der Waals surface area contributed by atoms with Gasteiger partial charge in [-0.15, -0.1) is 0 Å². The van der Waals surface area contributed by atoms with Crippen molar-refractivity contribution in [2.24, 2.45) is 0 Å². The van der Waals surface area contributed by atoms with E-state index in [1.54, 1.807) is 0 Å². The van der Waals surface area contributed by atoms with Gasteiger partial charge in [-0.3, -0.25) is 14.4 Å². The van der Waals surface area contributed by atoms with E-state index < -0.39 is 6.10 Å². The van der Waals surface area contributed by atoms with Crippen LogP contribution in [0.4, 0.5) is 0 Å². The van der Waals surface area contributed by atoms with Gasteiger partial charge in [0.2, 0.25) is 0 Å². The number of esters is 3. The first kappa shape index (κ1) is 57.1. The van der Waals surface area contributed by atoms with Gasteiger partial charge in [-0.1, -0.05) is 210 Å². The van der Waals surface area contributed by atoms with Crippen molar-refractivity contribution in [1.29, 1.82) is 0 Å². The molecule has 0 rings (SSSR count). The highest BCUT2D eigenvalue weighted by Crippen LogP contribution is 2.15. The summed E-state index contributed by atoms with van der Waals surface area (Å²) in [6.45, 7) is 6.44. The summed E-state index contributed by atoms with van der Waals surface area (Å²) < 4.78 is 16.8. The predicted molar refractivity (Wildman–Crippen MR) is 256 cm³/mol. The SMILES string of the molecule is CC/C=C\C/C=C\C/C=C\CCCCCCCC(=O)OCC(COC(=O)CCCCCCC/C=C\C/C=C\CCC)OC(=O)CCCCCCCCCCCCCCCC. The van der Waals surface area contributed by atoms with Gasteiger partial charge in [-0.2, -0.15) is 0 Å². The number of rotatable bonds is 45. The Kier molecular flexibility index (Phi) is 46.4. The average Bonchev–Trinajstić information content (AvgIpc) is 3.24. The second-order valence-corrected chi connectivity index (χ2v) is 16.7. The molecule has 0 aromatic rings. The summed E-state index contributed by atoms with van der Waals surface area (Å²) >= 11 is 0. The normalized spacial score (nSPS) is 12.5. The Labute approximate surface area is 370 Å². The molecule has 1 unspecified atom stereocenters. The third-order valence-electron chi connectivity index (χ3n) is 10.7. The van der Waals surface area contributed by atoms with Crippen LogP contribution in [0.3, 0.4) is 0 Å². The Morgan fingerprint density at radius 3 is 1.08 bits per heavy atom. The van der Waals surface area contributed by atoms with Crippen LogP contribution in [0, 0.1) is 0 Å². The van der Waals surface area contributed by atoms with Gasteiger partial charge in [0.25, 0.3) is 0 Å². The van der Waals surface area contributed by atoms with Gasteiger partial charge >= 0.3 is 17.9 Å². The minimum Gasteiger partial charge on any atom is -0.462 e. The standard InChI is InChI=1S/C54H94O6/c1-4-7-10-13-16-19-22-25-27-30-32-35-38-41-44-47-53(56)59-50-51(49-58-52(55)46-43-40-37-34-31-28-24-21-18-15-12-9-6-3)60-54(57)48-45-42-39-36-33-29-26-23-20-17-14-11-8-5-2/h7,10,12,15-16,19,21,24-25,27,51H,4-6,8-9,11,13-14,17-18,20,22-23,26,28-50H2,1-3H3/b10-7-,15-12-,19-16-,24-21-,27-25-. The van der Waals surface area contributed by atoms with E-state index in [9.17, 15) is 14.4 Å². The van der Waals surface area contributed by atoms with E-state index in [1.807, 2.05) is 0 Å². The number of carbonyl (C=O) groups excluding carboxylic acids is 3. The zero-order chi connectivity index (χ0) is 43.7. The molecule has 0 saturated heterocycles. The number of carbonyl (C=O) groups is 3. The lowest BCUT2D eigenvalue weighted by atomic mass is 10.0. The zero-order valence-electron chi connectivity index (χ0n) is 39.5. The first-order valence-electron chi connectivity index (χ1n) is 25.3. The fourth-order valence-electron chi connectivity index (χ4n) is 6.96. The molecule has 0 radical (unpaired) electrons. The fourth-order valence-corrected chi connectivity index (χ4v) is 6.96. The number of ether oxygens (including phenoxy) is 3. The maximum absolute atomic E-state index is 12.8. The molecule has 0 aliphatic carbocycles. The van der Waals surface area contributed by atoms with E-state index in [-0.39, 0.29) is 31.1 Å². The summed E-state index contributed by atoms with van der Waals surface area (Å²) in [5.74, 6) is -0.911. The van der Waals surface area contributed by atoms with Gasteiger partial charge in [-0.05, 0) is 77.0 Å². The summed E-state index contributed by atoms with van der Waals surface area (Å²) in [6, 6.07) is 0. The van der Waals surface area contributed by atoms with E-state index in [2.05, 4.69) is 81.5 Å². The van der Waals surface area contributed by atoms with Crippen LogP contribution in [0.25, 0.3) is 0 Å². The molecule has 0 fully saturated rings. The monoisotopic (exact) mass is 839 g/mol. The number of hydrogen-bond donors (Lipinski definition) is 0. The molecule has 6 heteroatoms. The van der Waals surface area contributed by atoms with Crippen LogP contribution in [-0.2, 0) is 28.6 Å². The molecule has 0 spiro atoms. The van der Waals surface area contributed by atoms with E-state index in [1.165, 1.54) is 83.5 Å². The van der Waals surface area contributed by atoms with Gasteiger partial charge in [0.1, 0.15) is 13.2 Å². The third-order valence-corrected chi connectivity index (χ3v) is 10.7. The van der Waals surface area contributed by atoms with Crippen LogP contribution in [0.5, 0.6) is 0 Å². The number of hydrogen-bond acceptors (Lipinski definition) is 6. The first-order chi connectivity index (χ1) is 29.5. The molecule has 0 amide bonds. The van der Waals surface area contributed by atoms with Crippen molar-refractivity contribution < 1.29 is 28.6 Å². The molecule has 0 heterocycles. The van der Waals surface area contributed by atoms with Crippen LogP contribution >= 0.6 is 0 Å². The molecular formula is C54H94O6. The lowest BCUT2D eigenvalue weighted by Gasteiger charge is -2.18. The van der Waals surface area contributed by atoms with Crippen LogP contribution in [0.2, 0.25) is 0 Å². The Bertz CT molecular complexity index is 1100. The minimum absolute atomic E-state index is 0.0857. The van der Waals surface area contributed by atoms with Crippen molar-refractivity contribution in [3.63, 3.8) is 0 Å². The third kappa shape index (κ3) is 46.2. The zero-order valence-corrected chi connectivity index (χ0v) is 39.5. The van der Waals surface area contributed by atoms with Crippen molar-refractivity contribution in [3.05, 3.63) is 60.8 Å². The predicted octanol–water partition coefficient (Wildman–Crippen LogP) is 16.5. The molecule has 0 saturated carbocycles. The fraction of sp³-hybridized carbons (Fsp3) is 0.759. The van der Waals surface area contributed by atoms with Crippen LogP contribution in [0.15, 0.2) is 60.8 Å². The molecule has 0 aliphatic rings. The quantitative estimate of drug-likeness (QED) is 0.0263. The molecule has 0 aliphatic heterocycles.